The summed E-state index contributed by atoms with van der Waals surface area (Å²) in [5.41, 5.74) is 0. The van der Waals surface area contributed by atoms with Crippen LogP contribution in [0.5, 0.6) is 0 Å². The Hall–Kier alpha value is -1.16. The first kappa shape index (κ1) is 24.1. The van der Waals surface area contributed by atoms with E-state index in [0.717, 1.165) is 37.9 Å². The number of aliphatic imine (C=N–C) groups is 1. The molecule has 9 heteroatoms. The van der Waals surface area contributed by atoms with E-state index in [-0.39, 0.29) is 5.75 Å². The fourth-order valence-electron chi connectivity index (χ4n) is 3.51. The molecule has 1 aliphatic heterocycles. The SMILES string of the molecule is CCS(=O)(=O)N(C)CCCNC(=NC)NCC(c1cccs1)N1CCC(C)CC1. The highest BCUT2D eigenvalue weighted by molar-refractivity contribution is 7.89. The monoisotopic (exact) mass is 443 g/mol. The Morgan fingerprint density at radius 1 is 1.38 bits per heavy atom. The van der Waals surface area contributed by atoms with E-state index < -0.39 is 10.0 Å². The molecule has 1 fully saturated rings. The highest BCUT2D eigenvalue weighted by atomic mass is 32.2. The van der Waals surface area contributed by atoms with E-state index in [0.29, 0.717) is 19.1 Å². The molecule has 7 nitrogen and oxygen atoms in total. The van der Waals surface area contributed by atoms with Crippen molar-refractivity contribution in [3.8, 4) is 0 Å². The number of thiophene rings is 1. The van der Waals surface area contributed by atoms with Gasteiger partial charge in [-0.1, -0.05) is 13.0 Å². The molecule has 1 aromatic rings. The molecule has 0 radical (unpaired) electrons. The van der Waals surface area contributed by atoms with Gasteiger partial charge in [0.1, 0.15) is 0 Å². The number of hydrogen-bond donors (Lipinski definition) is 2. The summed E-state index contributed by atoms with van der Waals surface area (Å²) in [7, 11) is 0.293. The Bertz CT molecular complexity index is 713. The van der Waals surface area contributed by atoms with Gasteiger partial charge in [-0.05, 0) is 56.6 Å². The van der Waals surface area contributed by atoms with Crippen molar-refractivity contribution in [3.63, 3.8) is 0 Å². The van der Waals surface area contributed by atoms with Crippen molar-refractivity contribution in [1.82, 2.24) is 19.8 Å². The Labute approximate surface area is 180 Å². The average molecular weight is 444 g/mol. The molecule has 0 aromatic carbocycles. The standard InChI is InChI=1S/C20H37N5O2S2/c1-5-29(26,27)24(4)12-7-11-22-20(21-3)23-16-18(19-8-6-15-28-19)25-13-9-17(2)10-14-25/h6,8,15,17-18H,5,7,9-14,16H2,1-4H3,(H2,21,22,23). The van der Waals surface area contributed by atoms with Crippen LogP contribution >= 0.6 is 11.3 Å². The van der Waals surface area contributed by atoms with Crippen LogP contribution in [0, 0.1) is 5.92 Å². The largest absolute Gasteiger partial charge is 0.356 e. The summed E-state index contributed by atoms with van der Waals surface area (Å²) in [6.07, 6.45) is 3.24. The molecule has 0 aliphatic carbocycles. The lowest BCUT2D eigenvalue weighted by Gasteiger charge is -2.36. The second-order valence-electron chi connectivity index (χ2n) is 7.71. The van der Waals surface area contributed by atoms with Crippen LogP contribution in [0.3, 0.4) is 0 Å². The number of nitrogens with one attached hydrogen (secondary N) is 2. The van der Waals surface area contributed by atoms with Crippen LogP contribution in [-0.4, -0.2) is 76.2 Å². The molecule has 1 aromatic heterocycles. The summed E-state index contributed by atoms with van der Waals surface area (Å²) >= 11 is 1.81. The zero-order valence-electron chi connectivity index (χ0n) is 18.2. The molecule has 0 spiro atoms. The fourth-order valence-corrected chi connectivity index (χ4v) is 5.22. The zero-order chi connectivity index (χ0) is 21.3. The number of likely N-dealkylation sites (tertiary alicyclic amines) is 1. The minimum absolute atomic E-state index is 0.138. The maximum Gasteiger partial charge on any atom is 0.213 e. The normalized spacial score (nSPS) is 18.2. The van der Waals surface area contributed by atoms with Gasteiger partial charge in [0.2, 0.25) is 10.0 Å². The predicted octanol–water partition coefficient (Wildman–Crippen LogP) is 2.36. The first-order chi connectivity index (χ1) is 13.9. The molecule has 2 rings (SSSR count). The summed E-state index contributed by atoms with van der Waals surface area (Å²) in [5, 5.41) is 8.92. The Morgan fingerprint density at radius 2 is 2.10 bits per heavy atom. The van der Waals surface area contributed by atoms with Crippen LogP contribution in [0.15, 0.2) is 22.5 Å². The van der Waals surface area contributed by atoms with E-state index in [2.05, 4.69) is 45.0 Å². The maximum atomic E-state index is 11.8. The Balaban J connectivity index is 1.82. The van der Waals surface area contributed by atoms with Gasteiger partial charge >= 0.3 is 0 Å². The van der Waals surface area contributed by atoms with Gasteiger partial charge in [-0.2, -0.15) is 0 Å². The average Bonchev–Trinajstić information content (AvgIpc) is 3.25. The van der Waals surface area contributed by atoms with E-state index in [9.17, 15) is 8.42 Å². The smallest absolute Gasteiger partial charge is 0.213 e. The number of nitrogens with zero attached hydrogens (tertiary/aromatic N) is 3. The highest BCUT2D eigenvalue weighted by Crippen LogP contribution is 2.29. The molecule has 1 aliphatic rings. The summed E-state index contributed by atoms with van der Waals surface area (Å²) in [5.74, 6) is 1.71. The van der Waals surface area contributed by atoms with Crippen LogP contribution < -0.4 is 10.6 Å². The molecular formula is C20H37N5O2S2. The van der Waals surface area contributed by atoms with Crippen LogP contribution in [0.25, 0.3) is 0 Å². The minimum Gasteiger partial charge on any atom is -0.356 e. The molecule has 166 valence electrons. The molecule has 0 saturated carbocycles. The van der Waals surface area contributed by atoms with Gasteiger partial charge in [0.05, 0.1) is 11.8 Å². The molecular weight excluding hydrogens is 406 g/mol. The number of hydrogen-bond acceptors (Lipinski definition) is 5. The lowest BCUT2D eigenvalue weighted by molar-refractivity contribution is 0.140. The quantitative estimate of drug-likeness (QED) is 0.330. The first-order valence-corrected chi connectivity index (χ1v) is 13.0. The Morgan fingerprint density at radius 3 is 2.69 bits per heavy atom. The first-order valence-electron chi connectivity index (χ1n) is 10.5. The maximum absolute atomic E-state index is 11.8. The van der Waals surface area contributed by atoms with Crippen LogP contribution in [0.1, 0.15) is 44.0 Å². The molecule has 1 unspecified atom stereocenters. The topological polar surface area (TPSA) is 77.0 Å². The van der Waals surface area contributed by atoms with Crippen molar-refractivity contribution < 1.29 is 8.42 Å². The van der Waals surface area contributed by atoms with Crippen molar-refractivity contribution in [2.75, 3.05) is 52.6 Å². The van der Waals surface area contributed by atoms with Crippen LogP contribution in [0.2, 0.25) is 0 Å². The van der Waals surface area contributed by atoms with E-state index in [1.165, 1.54) is 22.0 Å². The lowest BCUT2D eigenvalue weighted by Crippen LogP contribution is -2.45. The number of sulfonamides is 1. The molecule has 2 heterocycles. The summed E-state index contributed by atoms with van der Waals surface area (Å²) in [6, 6.07) is 4.69. The molecule has 0 amide bonds. The number of guanidine groups is 1. The van der Waals surface area contributed by atoms with Gasteiger partial charge in [0, 0.05) is 38.6 Å². The molecule has 29 heavy (non-hydrogen) atoms. The van der Waals surface area contributed by atoms with Gasteiger partial charge in [-0.25, -0.2) is 12.7 Å². The van der Waals surface area contributed by atoms with E-state index in [1.54, 1.807) is 21.0 Å². The minimum atomic E-state index is -3.11. The molecule has 1 saturated heterocycles. The molecule has 1 atom stereocenters. The second kappa shape index (κ2) is 11.9. The third-order valence-electron chi connectivity index (χ3n) is 5.60. The summed E-state index contributed by atoms with van der Waals surface area (Å²) in [4.78, 5) is 8.29. The van der Waals surface area contributed by atoms with Gasteiger partial charge in [-0.15, -0.1) is 11.3 Å². The molecule has 2 N–H and O–H groups in total. The number of rotatable bonds is 10. The van der Waals surface area contributed by atoms with E-state index in [1.807, 2.05) is 11.3 Å². The van der Waals surface area contributed by atoms with E-state index in [4.69, 9.17) is 0 Å². The molecule has 0 bridgehead atoms. The Kier molecular flexibility index (Phi) is 9.88. The fraction of sp³-hybridized carbons (Fsp3) is 0.750. The summed E-state index contributed by atoms with van der Waals surface area (Å²) in [6.45, 7) is 8.26. The lowest BCUT2D eigenvalue weighted by atomic mass is 9.97. The van der Waals surface area contributed by atoms with Crippen LogP contribution in [-0.2, 0) is 10.0 Å². The number of piperidine rings is 1. The zero-order valence-corrected chi connectivity index (χ0v) is 19.9. The van der Waals surface area contributed by atoms with Crippen molar-refractivity contribution in [3.05, 3.63) is 22.4 Å². The third-order valence-corrected chi connectivity index (χ3v) is 8.43. The van der Waals surface area contributed by atoms with Gasteiger partial charge in [0.15, 0.2) is 5.96 Å². The summed E-state index contributed by atoms with van der Waals surface area (Å²) < 4.78 is 25.0. The van der Waals surface area contributed by atoms with Crippen molar-refractivity contribution in [1.29, 1.82) is 0 Å². The second-order valence-corrected chi connectivity index (χ2v) is 11.0. The highest BCUT2D eigenvalue weighted by Gasteiger charge is 2.25. The van der Waals surface area contributed by atoms with Gasteiger partial charge in [-0.3, -0.25) is 9.89 Å². The van der Waals surface area contributed by atoms with Gasteiger partial charge < -0.3 is 10.6 Å². The van der Waals surface area contributed by atoms with Crippen molar-refractivity contribution in [2.24, 2.45) is 10.9 Å². The van der Waals surface area contributed by atoms with E-state index >= 15 is 0 Å². The van der Waals surface area contributed by atoms with Gasteiger partial charge in [0.25, 0.3) is 0 Å². The predicted molar refractivity (Wildman–Crippen MR) is 123 cm³/mol. The van der Waals surface area contributed by atoms with Crippen molar-refractivity contribution in [2.45, 2.75) is 39.2 Å². The van der Waals surface area contributed by atoms with Crippen LogP contribution in [0.4, 0.5) is 0 Å². The third kappa shape index (κ3) is 7.55. The van der Waals surface area contributed by atoms with Crippen molar-refractivity contribution >= 4 is 27.3 Å².